The van der Waals surface area contributed by atoms with Gasteiger partial charge in [0, 0.05) is 19.9 Å². The largest absolute Gasteiger partial charge is 0.370 e. The van der Waals surface area contributed by atoms with Gasteiger partial charge in [-0.1, -0.05) is 72.4 Å². The highest BCUT2D eigenvalue weighted by molar-refractivity contribution is 7.99. The second kappa shape index (κ2) is 10.6. The van der Waals surface area contributed by atoms with E-state index in [4.69, 9.17) is 5.73 Å². The van der Waals surface area contributed by atoms with Crippen molar-refractivity contribution in [1.82, 2.24) is 20.1 Å². The van der Waals surface area contributed by atoms with E-state index in [2.05, 4.69) is 27.6 Å². The standard InChI is InChI=1S/C22H25N5O2S/c1-27-20(13-12-19(23)28)25-26-22(27)30-15-21(29)24-18(17-10-6-3-7-11-17)14-16-8-4-2-5-9-16/h2-11,18H,12-15H2,1H3,(H2,23,28)(H,24,29)/t18-/m1/s1. The molecule has 0 aliphatic rings. The van der Waals surface area contributed by atoms with Crippen LogP contribution in [0, 0.1) is 0 Å². The van der Waals surface area contributed by atoms with E-state index >= 15 is 0 Å². The van der Waals surface area contributed by atoms with E-state index in [9.17, 15) is 9.59 Å². The molecule has 1 aromatic heterocycles. The molecular formula is C22H25N5O2S. The van der Waals surface area contributed by atoms with Gasteiger partial charge in [0.2, 0.25) is 11.8 Å². The van der Waals surface area contributed by atoms with Gasteiger partial charge in [-0.05, 0) is 17.5 Å². The van der Waals surface area contributed by atoms with Crippen molar-refractivity contribution in [3.8, 4) is 0 Å². The van der Waals surface area contributed by atoms with E-state index in [1.165, 1.54) is 11.8 Å². The third-order valence-corrected chi connectivity index (χ3v) is 5.69. The number of carbonyl (C=O) groups is 2. The summed E-state index contributed by atoms with van der Waals surface area (Å²) >= 11 is 1.31. The number of nitrogens with one attached hydrogen (secondary N) is 1. The van der Waals surface area contributed by atoms with Crippen LogP contribution in [0.25, 0.3) is 0 Å². The minimum Gasteiger partial charge on any atom is -0.370 e. The molecule has 8 heteroatoms. The van der Waals surface area contributed by atoms with Crippen LogP contribution in [0.5, 0.6) is 0 Å². The Morgan fingerprint density at radius 2 is 1.73 bits per heavy atom. The summed E-state index contributed by atoms with van der Waals surface area (Å²) in [7, 11) is 1.82. The van der Waals surface area contributed by atoms with Crippen LogP contribution in [-0.2, 0) is 29.5 Å². The van der Waals surface area contributed by atoms with Gasteiger partial charge in [0.15, 0.2) is 5.16 Å². The molecule has 3 N–H and O–H groups in total. The summed E-state index contributed by atoms with van der Waals surface area (Å²) in [4.78, 5) is 23.6. The van der Waals surface area contributed by atoms with E-state index in [0.29, 0.717) is 23.8 Å². The first-order valence-electron chi connectivity index (χ1n) is 9.70. The molecule has 156 valence electrons. The topological polar surface area (TPSA) is 103 Å². The molecule has 0 aliphatic heterocycles. The Labute approximate surface area is 180 Å². The fourth-order valence-corrected chi connectivity index (χ4v) is 3.82. The van der Waals surface area contributed by atoms with Gasteiger partial charge in [-0.15, -0.1) is 10.2 Å². The van der Waals surface area contributed by atoms with Gasteiger partial charge in [0.25, 0.3) is 0 Å². The Bertz CT molecular complexity index is 976. The number of amides is 2. The van der Waals surface area contributed by atoms with Crippen molar-refractivity contribution < 1.29 is 9.59 Å². The van der Waals surface area contributed by atoms with Gasteiger partial charge in [-0.25, -0.2) is 0 Å². The minimum atomic E-state index is -0.378. The fourth-order valence-electron chi connectivity index (χ4n) is 3.08. The van der Waals surface area contributed by atoms with Crippen LogP contribution in [-0.4, -0.2) is 32.3 Å². The maximum atomic E-state index is 12.7. The van der Waals surface area contributed by atoms with Gasteiger partial charge in [-0.3, -0.25) is 9.59 Å². The molecule has 7 nitrogen and oxygen atoms in total. The van der Waals surface area contributed by atoms with Crippen molar-refractivity contribution in [2.75, 3.05) is 5.75 Å². The molecular weight excluding hydrogens is 398 g/mol. The number of thioether (sulfide) groups is 1. The third kappa shape index (κ3) is 6.18. The Morgan fingerprint density at radius 1 is 1.07 bits per heavy atom. The lowest BCUT2D eigenvalue weighted by molar-refractivity contribution is -0.119. The Hall–Kier alpha value is -3.13. The lowest BCUT2D eigenvalue weighted by Crippen LogP contribution is -2.31. The number of nitrogens with two attached hydrogens (primary N) is 1. The molecule has 1 atom stereocenters. The van der Waals surface area contributed by atoms with Crippen molar-refractivity contribution in [3.63, 3.8) is 0 Å². The Balaban J connectivity index is 1.61. The molecule has 0 spiro atoms. The van der Waals surface area contributed by atoms with Crippen molar-refractivity contribution in [3.05, 3.63) is 77.6 Å². The third-order valence-electron chi connectivity index (χ3n) is 4.67. The van der Waals surface area contributed by atoms with E-state index in [1.54, 1.807) is 4.57 Å². The average molecular weight is 424 g/mol. The fraction of sp³-hybridized carbons (Fsp3) is 0.273. The van der Waals surface area contributed by atoms with Gasteiger partial charge >= 0.3 is 0 Å². The summed E-state index contributed by atoms with van der Waals surface area (Å²) < 4.78 is 1.79. The molecule has 0 bridgehead atoms. The SMILES string of the molecule is Cn1c(CCC(N)=O)nnc1SCC(=O)N[C@H](Cc1ccccc1)c1ccccc1. The number of primary amides is 1. The number of benzene rings is 2. The van der Waals surface area contributed by atoms with Gasteiger partial charge < -0.3 is 15.6 Å². The number of nitrogens with zero attached hydrogens (tertiary/aromatic N) is 3. The van der Waals surface area contributed by atoms with Crippen LogP contribution in [0.3, 0.4) is 0 Å². The molecule has 2 amide bonds. The first kappa shape index (κ1) is 21.6. The van der Waals surface area contributed by atoms with Crippen LogP contribution < -0.4 is 11.1 Å². The minimum absolute atomic E-state index is 0.0773. The second-order valence-electron chi connectivity index (χ2n) is 6.93. The zero-order valence-corrected chi connectivity index (χ0v) is 17.6. The quantitative estimate of drug-likeness (QED) is 0.488. The van der Waals surface area contributed by atoms with Crippen LogP contribution in [0.15, 0.2) is 65.8 Å². The number of aromatic nitrogens is 3. The molecule has 3 rings (SSSR count). The highest BCUT2D eigenvalue weighted by Gasteiger charge is 2.17. The highest BCUT2D eigenvalue weighted by atomic mass is 32.2. The summed E-state index contributed by atoms with van der Waals surface area (Å²) in [6, 6.07) is 19.9. The molecule has 0 fully saturated rings. The predicted octanol–water partition coefficient (Wildman–Crippen LogP) is 2.43. The lowest BCUT2D eigenvalue weighted by atomic mass is 9.99. The van der Waals surface area contributed by atoms with Gasteiger partial charge in [0.05, 0.1) is 11.8 Å². The molecule has 3 aromatic rings. The van der Waals surface area contributed by atoms with E-state index in [0.717, 1.165) is 11.1 Å². The molecule has 30 heavy (non-hydrogen) atoms. The number of rotatable bonds is 10. The zero-order chi connectivity index (χ0) is 21.3. The molecule has 2 aromatic carbocycles. The van der Waals surface area contributed by atoms with Crippen LogP contribution in [0.4, 0.5) is 0 Å². The maximum Gasteiger partial charge on any atom is 0.230 e. The number of hydrogen-bond acceptors (Lipinski definition) is 5. The van der Waals surface area contributed by atoms with E-state index < -0.39 is 0 Å². The predicted molar refractivity (Wildman–Crippen MR) is 117 cm³/mol. The van der Waals surface area contributed by atoms with E-state index in [-0.39, 0.29) is 30.0 Å². The van der Waals surface area contributed by atoms with Gasteiger partial charge in [-0.2, -0.15) is 0 Å². The summed E-state index contributed by atoms with van der Waals surface area (Å²) in [6.45, 7) is 0. The number of hydrogen-bond donors (Lipinski definition) is 2. The van der Waals surface area contributed by atoms with Crippen molar-refractivity contribution in [1.29, 1.82) is 0 Å². The molecule has 0 aliphatic carbocycles. The van der Waals surface area contributed by atoms with Crippen molar-refractivity contribution >= 4 is 23.6 Å². The normalized spacial score (nSPS) is 11.8. The second-order valence-corrected chi connectivity index (χ2v) is 7.88. The zero-order valence-electron chi connectivity index (χ0n) is 16.8. The summed E-state index contributed by atoms with van der Waals surface area (Å²) in [5.74, 6) is 0.436. The first-order valence-corrected chi connectivity index (χ1v) is 10.7. The molecule has 1 heterocycles. The number of carbonyl (C=O) groups excluding carboxylic acids is 2. The Morgan fingerprint density at radius 3 is 2.40 bits per heavy atom. The summed E-state index contributed by atoms with van der Waals surface area (Å²) in [5.41, 5.74) is 7.41. The van der Waals surface area contributed by atoms with Crippen molar-refractivity contribution in [2.45, 2.75) is 30.5 Å². The smallest absolute Gasteiger partial charge is 0.230 e. The molecule has 0 saturated carbocycles. The lowest BCUT2D eigenvalue weighted by Gasteiger charge is -2.19. The highest BCUT2D eigenvalue weighted by Crippen LogP contribution is 2.20. The summed E-state index contributed by atoms with van der Waals surface area (Å²) in [5, 5.41) is 12.0. The summed E-state index contributed by atoms with van der Waals surface area (Å²) in [6.07, 6.45) is 1.36. The maximum absolute atomic E-state index is 12.7. The van der Waals surface area contributed by atoms with Crippen LogP contribution in [0.1, 0.15) is 29.4 Å². The van der Waals surface area contributed by atoms with Crippen LogP contribution in [0.2, 0.25) is 0 Å². The van der Waals surface area contributed by atoms with Crippen LogP contribution >= 0.6 is 11.8 Å². The van der Waals surface area contributed by atoms with Gasteiger partial charge in [0.1, 0.15) is 5.82 Å². The number of aryl methyl sites for hydroxylation is 1. The molecule has 0 unspecified atom stereocenters. The molecule has 0 saturated heterocycles. The van der Waals surface area contributed by atoms with E-state index in [1.807, 2.05) is 55.6 Å². The molecule has 0 radical (unpaired) electrons. The Kier molecular flexibility index (Phi) is 7.62. The monoisotopic (exact) mass is 423 g/mol. The van der Waals surface area contributed by atoms with Crippen molar-refractivity contribution in [2.24, 2.45) is 12.8 Å². The first-order chi connectivity index (χ1) is 14.5. The average Bonchev–Trinajstić information content (AvgIpc) is 3.11.